The zero-order valence-corrected chi connectivity index (χ0v) is 13.1. The number of nitrogens with zero attached hydrogens (tertiary/aromatic N) is 4. The second-order valence-electron chi connectivity index (χ2n) is 5.85. The summed E-state index contributed by atoms with van der Waals surface area (Å²) in [4.78, 5) is 38.4. The molecule has 25 heavy (non-hydrogen) atoms. The van der Waals surface area contributed by atoms with Crippen molar-refractivity contribution in [3.63, 3.8) is 0 Å². The molecule has 10 heteroatoms. The van der Waals surface area contributed by atoms with E-state index in [2.05, 4.69) is 15.4 Å². The topological polar surface area (TPSA) is 140 Å². The molecule has 1 aliphatic rings. The summed E-state index contributed by atoms with van der Waals surface area (Å²) in [6, 6.07) is 3.88. The van der Waals surface area contributed by atoms with E-state index in [0.717, 1.165) is 6.07 Å². The molecule has 1 aromatic carbocycles. The predicted octanol–water partition coefficient (Wildman–Crippen LogP) is 1.30. The van der Waals surface area contributed by atoms with Gasteiger partial charge in [-0.2, -0.15) is 5.10 Å². The molecule has 2 aromatic rings. The Morgan fingerprint density at radius 3 is 2.60 bits per heavy atom. The molecule has 1 amide bonds. The van der Waals surface area contributed by atoms with Crippen molar-refractivity contribution < 1.29 is 19.6 Å². The van der Waals surface area contributed by atoms with Gasteiger partial charge < -0.3 is 10.4 Å². The Kier molecular flexibility index (Phi) is 4.17. The van der Waals surface area contributed by atoms with E-state index >= 15 is 0 Å². The van der Waals surface area contributed by atoms with Crippen molar-refractivity contribution in [3.05, 3.63) is 46.5 Å². The lowest BCUT2D eigenvalue weighted by Gasteiger charge is -2.25. The molecule has 1 aliphatic carbocycles. The van der Waals surface area contributed by atoms with Gasteiger partial charge in [-0.05, 0) is 25.0 Å². The van der Waals surface area contributed by atoms with Gasteiger partial charge in [-0.15, -0.1) is 0 Å². The molecule has 0 bridgehead atoms. The van der Waals surface area contributed by atoms with Crippen LogP contribution in [0.4, 0.5) is 5.69 Å². The molecule has 0 saturated heterocycles. The molecule has 0 spiro atoms. The number of nitro benzene ring substituents is 1. The van der Waals surface area contributed by atoms with Crippen molar-refractivity contribution in [2.45, 2.75) is 31.2 Å². The lowest BCUT2D eigenvalue weighted by Crippen LogP contribution is -2.52. The lowest BCUT2D eigenvalue weighted by atomic mass is 9.97. The molecule has 10 nitrogen and oxygen atoms in total. The normalized spacial score (nSPS) is 15.7. The molecule has 1 heterocycles. The summed E-state index contributed by atoms with van der Waals surface area (Å²) < 4.78 is 1.22. The maximum Gasteiger partial charge on any atom is 0.329 e. The van der Waals surface area contributed by atoms with E-state index in [0.29, 0.717) is 25.7 Å². The Bertz CT molecular complexity index is 827. The molecular formula is C15H15N5O5. The summed E-state index contributed by atoms with van der Waals surface area (Å²) in [7, 11) is 0. The first kappa shape index (κ1) is 16.6. The van der Waals surface area contributed by atoms with Crippen LogP contribution in [0.1, 0.15) is 36.0 Å². The van der Waals surface area contributed by atoms with Crippen molar-refractivity contribution in [2.24, 2.45) is 0 Å². The molecule has 3 rings (SSSR count). The number of carboxylic acid groups (broad SMARTS) is 1. The Balaban J connectivity index is 1.92. The van der Waals surface area contributed by atoms with Gasteiger partial charge in [-0.3, -0.25) is 14.9 Å². The second-order valence-corrected chi connectivity index (χ2v) is 5.85. The Hall–Kier alpha value is -3.30. The van der Waals surface area contributed by atoms with Gasteiger partial charge in [0.1, 0.15) is 23.9 Å². The van der Waals surface area contributed by atoms with Crippen LogP contribution >= 0.6 is 0 Å². The number of carbonyl (C=O) groups is 2. The van der Waals surface area contributed by atoms with Crippen LogP contribution in [0.15, 0.2) is 30.9 Å². The van der Waals surface area contributed by atoms with Crippen molar-refractivity contribution >= 4 is 17.6 Å². The summed E-state index contributed by atoms with van der Waals surface area (Å²) in [5, 5.41) is 27.1. The van der Waals surface area contributed by atoms with Gasteiger partial charge in [-0.25, -0.2) is 14.5 Å². The summed E-state index contributed by atoms with van der Waals surface area (Å²) in [6.07, 6.45) is 4.64. The number of carboxylic acids is 1. The van der Waals surface area contributed by atoms with E-state index in [4.69, 9.17) is 0 Å². The van der Waals surface area contributed by atoms with Crippen LogP contribution in [0.25, 0.3) is 5.69 Å². The molecule has 0 unspecified atom stereocenters. The number of benzene rings is 1. The van der Waals surface area contributed by atoms with Gasteiger partial charge in [0.25, 0.3) is 11.6 Å². The number of nitrogens with one attached hydrogen (secondary N) is 1. The largest absolute Gasteiger partial charge is 0.480 e. The van der Waals surface area contributed by atoms with Gasteiger partial charge in [0.05, 0.1) is 4.92 Å². The second kappa shape index (κ2) is 6.30. The molecule has 0 radical (unpaired) electrons. The van der Waals surface area contributed by atoms with Gasteiger partial charge in [0.15, 0.2) is 0 Å². The van der Waals surface area contributed by atoms with E-state index in [1.165, 1.54) is 29.5 Å². The van der Waals surface area contributed by atoms with Crippen LogP contribution in [0.5, 0.6) is 0 Å². The molecule has 1 fully saturated rings. The number of aromatic nitrogens is 3. The van der Waals surface area contributed by atoms with Crippen molar-refractivity contribution in [1.29, 1.82) is 0 Å². The van der Waals surface area contributed by atoms with Crippen LogP contribution in [-0.4, -0.2) is 42.2 Å². The predicted molar refractivity (Wildman–Crippen MR) is 84.3 cm³/mol. The van der Waals surface area contributed by atoms with Crippen LogP contribution in [0.2, 0.25) is 0 Å². The van der Waals surface area contributed by atoms with Crippen molar-refractivity contribution in [2.75, 3.05) is 0 Å². The number of carbonyl (C=O) groups excluding carboxylic acids is 1. The maximum atomic E-state index is 12.5. The first-order valence-electron chi connectivity index (χ1n) is 7.62. The number of aliphatic carboxylic acids is 1. The number of nitro groups is 1. The van der Waals surface area contributed by atoms with E-state index in [-0.39, 0.29) is 16.9 Å². The minimum Gasteiger partial charge on any atom is -0.480 e. The van der Waals surface area contributed by atoms with E-state index in [9.17, 15) is 24.8 Å². The van der Waals surface area contributed by atoms with Gasteiger partial charge in [0, 0.05) is 11.6 Å². The van der Waals surface area contributed by atoms with Crippen LogP contribution in [0.3, 0.4) is 0 Å². The molecule has 1 saturated carbocycles. The number of rotatable bonds is 5. The van der Waals surface area contributed by atoms with E-state index in [1.54, 1.807) is 0 Å². The quantitative estimate of drug-likeness (QED) is 0.614. The molecule has 1 aromatic heterocycles. The minimum atomic E-state index is -1.31. The van der Waals surface area contributed by atoms with Gasteiger partial charge >= 0.3 is 5.97 Å². The first-order valence-corrected chi connectivity index (χ1v) is 7.62. The molecular weight excluding hydrogens is 330 g/mol. The lowest BCUT2D eigenvalue weighted by molar-refractivity contribution is -0.384. The third-order valence-electron chi connectivity index (χ3n) is 4.32. The molecule has 0 aliphatic heterocycles. The van der Waals surface area contributed by atoms with Crippen molar-refractivity contribution in [3.8, 4) is 5.69 Å². The summed E-state index contributed by atoms with van der Waals surface area (Å²) in [5.74, 6) is -1.75. The molecule has 2 N–H and O–H groups in total. The Morgan fingerprint density at radius 2 is 2.04 bits per heavy atom. The molecule has 0 atom stereocenters. The smallest absolute Gasteiger partial charge is 0.329 e. The third-order valence-corrected chi connectivity index (χ3v) is 4.32. The molecule has 130 valence electrons. The average Bonchev–Trinajstić information content (AvgIpc) is 3.26. The van der Waals surface area contributed by atoms with Gasteiger partial charge in [-0.1, -0.05) is 12.8 Å². The Labute approximate surface area is 141 Å². The van der Waals surface area contributed by atoms with Crippen molar-refractivity contribution in [1.82, 2.24) is 20.1 Å². The highest BCUT2D eigenvalue weighted by Gasteiger charge is 2.42. The zero-order valence-electron chi connectivity index (χ0n) is 13.1. The highest BCUT2D eigenvalue weighted by Crippen LogP contribution is 2.31. The summed E-state index contributed by atoms with van der Waals surface area (Å²) in [6.45, 7) is 0. The SMILES string of the molecule is O=C(NC1(C(=O)O)CCCC1)c1ccc(-n2cncn2)c([N+](=O)[O-])c1. The fraction of sp³-hybridized carbons (Fsp3) is 0.333. The number of amides is 1. The fourth-order valence-electron chi connectivity index (χ4n) is 3.00. The minimum absolute atomic E-state index is 0.0168. The van der Waals surface area contributed by atoms with E-state index in [1.807, 2.05) is 0 Å². The maximum absolute atomic E-state index is 12.5. The average molecular weight is 345 g/mol. The van der Waals surface area contributed by atoms with Gasteiger partial charge in [0.2, 0.25) is 0 Å². The third kappa shape index (κ3) is 3.05. The first-order chi connectivity index (χ1) is 11.9. The fourth-order valence-corrected chi connectivity index (χ4v) is 3.00. The van der Waals surface area contributed by atoms with Crippen LogP contribution in [-0.2, 0) is 4.79 Å². The summed E-state index contributed by atoms with van der Waals surface area (Å²) in [5.41, 5.74) is -1.46. The standard InChI is InChI=1S/C15H15N5O5/c21-13(18-15(14(22)23)5-1-2-6-15)10-3-4-11(12(7-10)20(24)25)19-9-16-8-17-19/h3-4,7-9H,1-2,5-6H2,(H,18,21)(H,22,23). The van der Waals surface area contributed by atoms with Crippen LogP contribution < -0.4 is 5.32 Å². The zero-order chi connectivity index (χ0) is 18.0. The monoisotopic (exact) mass is 345 g/mol. The number of hydrogen-bond donors (Lipinski definition) is 2. The Morgan fingerprint density at radius 1 is 1.32 bits per heavy atom. The van der Waals surface area contributed by atoms with E-state index < -0.39 is 22.3 Å². The highest BCUT2D eigenvalue weighted by atomic mass is 16.6. The highest BCUT2D eigenvalue weighted by molar-refractivity contribution is 5.98. The number of hydrogen-bond acceptors (Lipinski definition) is 6. The van der Waals surface area contributed by atoms with Crippen LogP contribution in [0, 0.1) is 10.1 Å². The summed E-state index contributed by atoms with van der Waals surface area (Å²) >= 11 is 0.